The van der Waals surface area contributed by atoms with E-state index in [0.29, 0.717) is 40.2 Å². The van der Waals surface area contributed by atoms with Gasteiger partial charge in [0.1, 0.15) is 11.8 Å². The zero-order valence-corrected chi connectivity index (χ0v) is 21.0. The Labute approximate surface area is 214 Å². The molecule has 0 fully saturated rings. The molecule has 1 atom stereocenters. The summed E-state index contributed by atoms with van der Waals surface area (Å²) in [4.78, 5) is 18.4. The van der Waals surface area contributed by atoms with Gasteiger partial charge in [-0.2, -0.15) is 4.98 Å². The number of carbonyl (C=O) groups is 1. The molecular formula is C28H27N5O4. The van der Waals surface area contributed by atoms with Crippen molar-refractivity contribution in [3.8, 4) is 28.6 Å². The van der Waals surface area contributed by atoms with Gasteiger partial charge < -0.3 is 24.8 Å². The van der Waals surface area contributed by atoms with Crippen molar-refractivity contribution >= 4 is 17.5 Å². The smallest absolute Gasteiger partial charge is 0.255 e. The van der Waals surface area contributed by atoms with E-state index in [1.807, 2.05) is 79.7 Å². The summed E-state index contributed by atoms with van der Waals surface area (Å²) in [5, 5.41) is 11.1. The fraction of sp³-hybridized carbons (Fsp3) is 0.179. The maximum absolute atomic E-state index is 13.7. The van der Waals surface area contributed by atoms with Crippen LogP contribution in [0.1, 0.15) is 18.5 Å². The van der Waals surface area contributed by atoms with Crippen LogP contribution in [0, 0.1) is 0 Å². The number of nitrogens with zero attached hydrogens (tertiary/aromatic N) is 3. The van der Waals surface area contributed by atoms with Gasteiger partial charge in [0.15, 0.2) is 17.3 Å². The van der Waals surface area contributed by atoms with Gasteiger partial charge in [-0.15, -0.1) is 5.10 Å². The van der Waals surface area contributed by atoms with E-state index < -0.39 is 6.04 Å². The topological polar surface area (TPSA) is 99.5 Å². The molecule has 1 unspecified atom stereocenters. The largest absolute Gasteiger partial charge is 0.497 e. The Morgan fingerprint density at radius 3 is 2.32 bits per heavy atom. The monoisotopic (exact) mass is 497 g/mol. The summed E-state index contributed by atoms with van der Waals surface area (Å²) < 4.78 is 18.0. The van der Waals surface area contributed by atoms with E-state index in [2.05, 4.69) is 10.6 Å². The third kappa shape index (κ3) is 4.58. The molecule has 1 amide bonds. The molecular weight excluding hydrogens is 470 g/mol. The van der Waals surface area contributed by atoms with Crippen molar-refractivity contribution in [2.45, 2.75) is 13.0 Å². The summed E-state index contributed by atoms with van der Waals surface area (Å²) >= 11 is 0. The molecule has 1 aliphatic rings. The van der Waals surface area contributed by atoms with Crippen LogP contribution in [0.3, 0.4) is 0 Å². The third-order valence-corrected chi connectivity index (χ3v) is 6.20. The summed E-state index contributed by atoms with van der Waals surface area (Å²) in [6.07, 6.45) is 0. The van der Waals surface area contributed by atoms with Gasteiger partial charge in [-0.1, -0.05) is 24.3 Å². The van der Waals surface area contributed by atoms with Crippen molar-refractivity contribution in [1.82, 2.24) is 14.8 Å². The predicted octanol–water partition coefficient (Wildman–Crippen LogP) is 4.90. The second kappa shape index (κ2) is 10.1. The SMILES string of the molecule is COc1ccc(-c2nc3n(n2)C(c2ccc(OC)c(OC)c2)C(C(=O)Nc2ccccc2)=C(C)N3)cc1. The normalized spacial score (nSPS) is 14.4. The van der Waals surface area contributed by atoms with Crippen LogP contribution in [-0.2, 0) is 4.79 Å². The Morgan fingerprint density at radius 2 is 1.65 bits per heavy atom. The molecule has 37 heavy (non-hydrogen) atoms. The van der Waals surface area contributed by atoms with Crippen molar-refractivity contribution in [3.05, 3.63) is 89.6 Å². The molecule has 3 aromatic carbocycles. The summed E-state index contributed by atoms with van der Waals surface area (Å²) in [7, 11) is 4.79. The minimum Gasteiger partial charge on any atom is -0.497 e. The van der Waals surface area contributed by atoms with Crippen molar-refractivity contribution in [2.75, 3.05) is 32.0 Å². The molecule has 1 aliphatic heterocycles. The summed E-state index contributed by atoms with van der Waals surface area (Å²) in [6, 6.07) is 21.9. The molecule has 2 N–H and O–H groups in total. The fourth-order valence-corrected chi connectivity index (χ4v) is 4.36. The van der Waals surface area contributed by atoms with E-state index in [9.17, 15) is 4.79 Å². The zero-order chi connectivity index (χ0) is 25.9. The quantitative estimate of drug-likeness (QED) is 0.375. The predicted molar refractivity (Wildman–Crippen MR) is 141 cm³/mol. The first-order valence-electron chi connectivity index (χ1n) is 11.7. The van der Waals surface area contributed by atoms with Gasteiger partial charge in [0.25, 0.3) is 5.91 Å². The molecule has 2 heterocycles. The number of carbonyl (C=O) groups excluding carboxylic acids is 1. The number of benzene rings is 3. The number of allylic oxidation sites excluding steroid dienone is 1. The average Bonchev–Trinajstić information content (AvgIpc) is 3.36. The molecule has 4 aromatic rings. The Balaban J connectivity index is 1.62. The van der Waals surface area contributed by atoms with E-state index >= 15 is 0 Å². The van der Waals surface area contributed by atoms with E-state index in [4.69, 9.17) is 24.3 Å². The summed E-state index contributed by atoms with van der Waals surface area (Å²) in [5.74, 6) is 2.69. The number of hydrogen-bond donors (Lipinski definition) is 2. The fourth-order valence-electron chi connectivity index (χ4n) is 4.36. The number of para-hydroxylation sites is 1. The molecule has 0 radical (unpaired) electrons. The first-order valence-corrected chi connectivity index (χ1v) is 11.7. The Bertz CT molecular complexity index is 1460. The van der Waals surface area contributed by atoms with Crippen LogP contribution in [-0.4, -0.2) is 42.0 Å². The van der Waals surface area contributed by atoms with Crippen LogP contribution in [0.2, 0.25) is 0 Å². The van der Waals surface area contributed by atoms with Crippen LogP contribution < -0.4 is 24.8 Å². The molecule has 0 spiro atoms. The molecule has 188 valence electrons. The standard InChI is InChI=1S/C28H27N5O4/c1-17-24(27(34)30-20-8-6-5-7-9-20)25(19-12-15-22(36-3)23(16-19)37-4)33-28(29-17)31-26(32-33)18-10-13-21(35-2)14-11-18/h5-16,25H,1-4H3,(H,30,34)(H,29,31,32). The number of nitrogens with one attached hydrogen (secondary N) is 2. The molecule has 1 aromatic heterocycles. The van der Waals surface area contributed by atoms with Crippen molar-refractivity contribution in [2.24, 2.45) is 0 Å². The van der Waals surface area contributed by atoms with Gasteiger partial charge >= 0.3 is 0 Å². The lowest BCUT2D eigenvalue weighted by Crippen LogP contribution is -2.31. The molecule has 9 nitrogen and oxygen atoms in total. The molecule has 0 aliphatic carbocycles. The highest BCUT2D eigenvalue weighted by molar-refractivity contribution is 6.06. The first-order chi connectivity index (χ1) is 18.0. The number of aromatic nitrogens is 3. The van der Waals surface area contributed by atoms with Gasteiger partial charge in [0.05, 0.1) is 26.9 Å². The lowest BCUT2D eigenvalue weighted by Gasteiger charge is -2.29. The highest BCUT2D eigenvalue weighted by Crippen LogP contribution is 2.40. The summed E-state index contributed by atoms with van der Waals surface area (Å²) in [6.45, 7) is 1.86. The third-order valence-electron chi connectivity index (χ3n) is 6.20. The lowest BCUT2D eigenvalue weighted by atomic mass is 9.94. The van der Waals surface area contributed by atoms with Crippen LogP contribution in [0.4, 0.5) is 11.6 Å². The second-order valence-electron chi connectivity index (χ2n) is 8.43. The number of hydrogen-bond acceptors (Lipinski definition) is 7. The van der Waals surface area contributed by atoms with Gasteiger partial charge in [0.2, 0.25) is 5.95 Å². The maximum Gasteiger partial charge on any atom is 0.255 e. The lowest BCUT2D eigenvalue weighted by molar-refractivity contribution is -0.113. The molecule has 0 saturated heterocycles. The number of amides is 1. The van der Waals surface area contributed by atoms with E-state index in [0.717, 1.165) is 16.9 Å². The van der Waals surface area contributed by atoms with Crippen molar-refractivity contribution < 1.29 is 19.0 Å². The van der Waals surface area contributed by atoms with Crippen LogP contribution >= 0.6 is 0 Å². The highest BCUT2D eigenvalue weighted by atomic mass is 16.5. The van der Waals surface area contributed by atoms with E-state index in [1.54, 1.807) is 26.0 Å². The minimum atomic E-state index is -0.570. The second-order valence-corrected chi connectivity index (χ2v) is 8.43. The Kier molecular flexibility index (Phi) is 6.51. The number of anilines is 2. The van der Waals surface area contributed by atoms with Crippen LogP contribution in [0.5, 0.6) is 17.2 Å². The molecule has 9 heteroatoms. The van der Waals surface area contributed by atoms with Gasteiger partial charge in [-0.3, -0.25) is 4.79 Å². The van der Waals surface area contributed by atoms with Crippen molar-refractivity contribution in [3.63, 3.8) is 0 Å². The maximum atomic E-state index is 13.7. The molecule has 0 bridgehead atoms. The van der Waals surface area contributed by atoms with E-state index in [-0.39, 0.29) is 5.91 Å². The van der Waals surface area contributed by atoms with Crippen LogP contribution in [0.15, 0.2) is 84.1 Å². The molecule has 0 saturated carbocycles. The molecule has 5 rings (SSSR count). The Hall–Kier alpha value is -4.79. The first kappa shape index (κ1) is 23.9. The van der Waals surface area contributed by atoms with Gasteiger partial charge in [-0.25, -0.2) is 4.68 Å². The van der Waals surface area contributed by atoms with E-state index in [1.165, 1.54) is 0 Å². The number of ether oxygens (including phenoxy) is 3. The summed E-state index contributed by atoms with van der Waals surface area (Å²) in [5.41, 5.74) is 3.50. The van der Waals surface area contributed by atoms with Crippen LogP contribution in [0.25, 0.3) is 11.4 Å². The minimum absolute atomic E-state index is 0.247. The highest BCUT2D eigenvalue weighted by Gasteiger charge is 2.35. The van der Waals surface area contributed by atoms with Crippen molar-refractivity contribution in [1.29, 1.82) is 0 Å². The average molecular weight is 498 g/mol. The van der Waals surface area contributed by atoms with Gasteiger partial charge in [-0.05, 0) is 61.0 Å². The number of methoxy groups -OCH3 is 3. The zero-order valence-electron chi connectivity index (χ0n) is 21.0. The number of rotatable bonds is 7. The van der Waals surface area contributed by atoms with Gasteiger partial charge in [0, 0.05) is 16.9 Å². The number of fused-ring (bicyclic) bond motifs is 1. The Morgan fingerprint density at radius 1 is 0.919 bits per heavy atom.